The van der Waals surface area contributed by atoms with Gasteiger partial charge in [-0.05, 0) is 38.0 Å². The van der Waals surface area contributed by atoms with Crippen LogP contribution in [0.4, 0.5) is 0 Å². The number of benzene rings is 1. The van der Waals surface area contributed by atoms with Crippen molar-refractivity contribution < 1.29 is 17.9 Å². The highest BCUT2D eigenvalue weighted by atomic mass is 32.2. The molecule has 0 aliphatic heterocycles. The number of aryl methyl sites for hydroxylation is 2. The van der Waals surface area contributed by atoms with Crippen LogP contribution in [-0.4, -0.2) is 26.7 Å². The summed E-state index contributed by atoms with van der Waals surface area (Å²) in [5.41, 5.74) is 1.47. The van der Waals surface area contributed by atoms with Gasteiger partial charge >= 0.3 is 5.97 Å². The summed E-state index contributed by atoms with van der Waals surface area (Å²) >= 11 is 0. The molecular weight excluding hydrogens is 240 g/mol. The summed E-state index contributed by atoms with van der Waals surface area (Å²) in [6.07, 6.45) is 0. The van der Waals surface area contributed by atoms with Crippen molar-refractivity contribution in [3.63, 3.8) is 0 Å². The third-order valence-corrected chi connectivity index (χ3v) is 4.82. The molecule has 0 aliphatic rings. The second-order valence-corrected chi connectivity index (χ2v) is 6.22. The molecule has 0 aromatic heterocycles. The Morgan fingerprint density at radius 1 is 1.29 bits per heavy atom. The summed E-state index contributed by atoms with van der Waals surface area (Å²) in [5, 5.41) is -1.19. The SMILES string of the molecule is COC(=O)C(C)S(=O)(=O)c1cc(C)ccc1C. The van der Waals surface area contributed by atoms with Crippen molar-refractivity contribution in [2.75, 3.05) is 7.11 Å². The van der Waals surface area contributed by atoms with Crippen molar-refractivity contribution in [2.24, 2.45) is 0 Å². The van der Waals surface area contributed by atoms with Crippen LogP contribution < -0.4 is 0 Å². The van der Waals surface area contributed by atoms with E-state index in [0.29, 0.717) is 5.56 Å². The molecule has 0 amide bonds. The first-order valence-corrected chi connectivity index (χ1v) is 6.74. The van der Waals surface area contributed by atoms with Crippen LogP contribution in [-0.2, 0) is 19.4 Å². The van der Waals surface area contributed by atoms with E-state index >= 15 is 0 Å². The smallest absolute Gasteiger partial charge is 0.324 e. The fourth-order valence-electron chi connectivity index (χ4n) is 1.50. The molecule has 5 heteroatoms. The van der Waals surface area contributed by atoms with Crippen molar-refractivity contribution in [3.8, 4) is 0 Å². The zero-order chi connectivity index (χ0) is 13.2. The highest BCUT2D eigenvalue weighted by molar-refractivity contribution is 7.92. The van der Waals surface area contributed by atoms with Crippen molar-refractivity contribution in [2.45, 2.75) is 30.9 Å². The minimum atomic E-state index is -3.68. The Balaban J connectivity index is 3.31. The number of hydrogen-bond acceptors (Lipinski definition) is 4. The normalized spacial score (nSPS) is 13.2. The highest BCUT2D eigenvalue weighted by Crippen LogP contribution is 2.22. The summed E-state index contributed by atoms with van der Waals surface area (Å²) in [4.78, 5) is 11.5. The lowest BCUT2D eigenvalue weighted by molar-refractivity contribution is -0.139. The van der Waals surface area contributed by atoms with E-state index in [0.717, 1.165) is 5.56 Å². The minimum absolute atomic E-state index is 0.190. The number of rotatable bonds is 3. The van der Waals surface area contributed by atoms with Crippen LogP contribution in [0.25, 0.3) is 0 Å². The zero-order valence-electron chi connectivity index (χ0n) is 10.4. The number of esters is 1. The molecule has 0 spiro atoms. The van der Waals surface area contributed by atoms with Gasteiger partial charge in [-0.15, -0.1) is 0 Å². The van der Waals surface area contributed by atoms with E-state index in [4.69, 9.17) is 0 Å². The molecular formula is C12H16O4S. The molecule has 0 N–H and O–H groups in total. The number of methoxy groups -OCH3 is 1. The quantitative estimate of drug-likeness (QED) is 0.771. The summed E-state index contributed by atoms with van der Waals surface area (Å²) in [7, 11) is -2.50. The second-order valence-electron chi connectivity index (χ2n) is 3.98. The van der Waals surface area contributed by atoms with Gasteiger partial charge in [0.25, 0.3) is 0 Å². The third-order valence-electron chi connectivity index (χ3n) is 2.65. The average molecular weight is 256 g/mol. The first-order chi connectivity index (χ1) is 7.80. The maximum Gasteiger partial charge on any atom is 0.324 e. The molecule has 1 aromatic rings. The standard InChI is InChI=1S/C12H16O4S/c1-8-5-6-9(2)11(7-8)17(14,15)10(3)12(13)16-4/h5-7,10H,1-4H3. The lowest BCUT2D eigenvalue weighted by Gasteiger charge is -2.13. The van der Waals surface area contributed by atoms with Gasteiger partial charge in [-0.2, -0.15) is 0 Å². The maximum atomic E-state index is 12.2. The molecule has 1 atom stereocenters. The van der Waals surface area contributed by atoms with E-state index in [-0.39, 0.29) is 4.90 Å². The Kier molecular flexibility index (Phi) is 3.93. The van der Waals surface area contributed by atoms with Crippen molar-refractivity contribution in [3.05, 3.63) is 29.3 Å². The number of carbonyl (C=O) groups is 1. The topological polar surface area (TPSA) is 60.4 Å². The molecule has 1 unspecified atom stereocenters. The summed E-state index contributed by atoms with van der Waals surface area (Å²) < 4.78 is 28.9. The fraction of sp³-hybridized carbons (Fsp3) is 0.417. The Hall–Kier alpha value is -1.36. The van der Waals surface area contributed by atoms with Crippen LogP contribution >= 0.6 is 0 Å². The van der Waals surface area contributed by atoms with Crippen LogP contribution in [0.15, 0.2) is 23.1 Å². The fourth-order valence-corrected chi connectivity index (χ4v) is 3.09. The maximum absolute atomic E-state index is 12.2. The van der Waals surface area contributed by atoms with Gasteiger partial charge in [0.1, 0.15) is 0 Å². The van der Waals surface area contributed by atoms with Gasteiger partial charge in [0.2, 0.25) is 0 Å². The van der Waals surface area contributed by atoms with Gasteiger partial charge in [0, 0.05) is 0 Å². The van der Waals surface area contributed by atoms with Gasteiger partial charge in [0.15, 0.2) is 15.1 Å². The van der Waals surface area contributed by atoms with Crippen LogP contribution in [0.3, 0.4) is 0 Å². The molecule has 0 saturated heterocycles. The molecule has 0 fully saturated rings. The number of sulfone groups is 1. The predicted octanol–water partition coefficient (Wildman–Crippen LogP) is 1.64. The van der Waals surface area contributed by atoms with Crippen LogP contribution in [0.1, 0.15) is 18.1 Å². The van der Waals surface area contributed by atoms with Gasteiger partial charge in [0.05, 0.1) is 12.0 Å². The summed E-state index contributed by atoms with van der Waals surface area (Å²) in [6, 6.07) is 5.13. The molecule has 0 bridgehead atoms. The van der Waals surface area contributed by atoms with E-state index in [1.54, 1.807) is 26.0 Å². The molecule has 0 heterocycles. The average Bonchev–Trinajstić information content (AvgIpc) is 2.30. The van der Waals surface area contributed by atoms with Crippen molar-refractivity contribution in [1.29, 1.82) is 0 Å². The Morgan fingerprint density at radius 2 is 1.88 bits per heavy atom. The first kappa shape index (κ1) is 13.7. The van der Waals surface area contributed by atoms with E-state index in [1.165, 1.54) is 14.0 Å². The Morgan fingerprint density at radius 3 is 2.41 bits per heavy atom. The molecule has 0 saturated carbocycles. The van der Waals surface area contributed by atoms with E-state index in [9.17, 15) is 13.2 Å². The molecule has 0 aliphatic carbocycles. The second kappa shape index (κ2) is 4.87. The summed E-state index contributed by atoms with van der Waals surface area (Å²) in [5.74, 6) is -0.745. The lowest BCUT2D eigenvalue weighted by Crippen LogP contribution is -2.29. The van der Waals surface area contributed by atoms with Gasteiger partial charge in [-0.25, -0.2) is 8.42 Å². The third kappa shape index (κ3) is 2.66. The molecule has 94 valence electrons. The number of carbonyl (C=O) groups excluding carboxylic acids is 1. The molecule has 1 aromatic carbocycles. The predicted molar refractivity (Wildman–Crippen MR) is 64.6 cm³/mol. The van der Waals surface area contributed by atoms with E-state index < -0.39 is 21.1 Å². The van der Waals surface area contributed by atoms with Crippen molar-refractivity contribution in [1.82, 2.24) is 0 Å². The molecule has 4 nitrogen and oxygen atoms in total. The number of ether oxygens (including phenoxy) is 1. The summed E-state index contributed by atoms with van der Waals surface area (Å²) in [6.45, 7) is 4.85. The largest absolute Gasteiger partial charge is 0.468 e. The minimum Gasteiger partial charge on any atom is -0.468 e. The Bertz CT molecular complexity index is 531. The van der Waals surface area contributed by atoms with Gasteiger partial charge < -0.3 is 4.74 Å². The molecule has 0 radical (unpaired) electrons. The van der Waals surface area contributed by atoms with Gasteiger partial charge in [-0.3, -0.25) is 4.79 Å². The van der Waals surface area contributed by atoms with E-state index in [1.807, 2.05) is 6.07 Å². The number of hydrogen-bond donors (Lipinski definition) is 0. The highest BCUT2D eigenvalue weighted by Gasteiger charge is 2.31. The zero-order valence-corrected chi connectivity index (χ0v) is 11.2. The van der Waals surface area contributed by atoms with Crippen molar-refractivity contribution >= 4 is 15.8 Å². The molecule has 17 heavy (non-hydrogen) atoms. The Labute approximate surface area is 102 Å². The van der Waals surface area contributed by atoms with Crippen LogP contribution in [0.2, 0.25) is 0 Å². The first-order valence-electron chi connectivity index (χ1n) is 5.19. The van der Waals surface area contributed by atoms with Crippen LogP contribution in [0, 0.1) is 13.8 Å². The van der Waals surface area contributed by atoms with Gasteiger partial charge in [-0.1, -0.05) is 12.1 Å². The molecule has 1 rings (SSSR count). The lowest BCUT2D eigenvalue weighted by atomic mass is 10.2. The van der Waals surface area contributed by atoms with Crippen LogP contribution in [0.5, 0.6) is 0 Å². The van der Waals surface area contributed by atoms with E-state index in [2.05, 4.69) is 4.74 Å². The monoisotopic (exact) mass is 256 g/mol.